The second-order valence-electron chi connectivity index (χ2n) is 5.01. The number of carboxylic acid groups (broad SMARTS) is 1. The smallest absolute Gasteiger partial charge is 0.338 e. The van der Waals surface area contributed by atoms with Crippen LogP contribution in [0, 0.1) is 6.92 Å². The summed E-state index contributed by atoms with van der Waals surface area (Å²) in [6.45, 7) is 3.91. The summed E-state index contributed by atoms with van der Waals surface area (Å²) in [5, 5.41) is 8.85. The maximum Gasteiger partial charge on any atom is 0.338 e. The summed E-state index contributed by atoms with van der Waals surface area (Å²) in [6.07, 6.45) is 1.07. The molecular formula is C16H17NO4. The lowest BCUT2D eigenvalue weighted by atomic mass is 10.1. The van der Waals surface area contributed by atoms with Crippen molar-refractivity contribution in [1.82, 2.24) is 4.90 Å². The number of hydrogen-bond acceptors (Lipinski definition) is 3. The molecule has 5 nitrogen and oxygen atoms in total. The van der Waals surface area contributed by atoms with E-state index >= 15 is 0 Å². The number of nitrogens with zero attached hydrogens (tertiary/aromatic N) is 1. The van der Waals surface area contributed by atoms with Gasteiger partial charge < -0.3 is 14.4 Å². The molecule has 1 N–H and O–H groups in total. The van der Waals surface area contributed by atoms with Crippen LogP contribution >= 0.6 is 0 Å². The number of aryl methyl sites for hydroxylation is 1. The third-order valence-corrected chi connectivity index (χ3v) is 3.52. The van der Waals surface area contributed by atoms with Gasteiger partial charge in [0.15, 0.2) is 5.76 Å². The zero-order valence-electron chi connectivity index (χ0n) is 12.2. The van der Waals surface area contributed by atoms with Crippen LogP contribution in [-0.2, 0) is 0 Å². The molecular weight excluding hydrogens is 270 g/mol. The van der Waals surface area contributed by atoms with E-state index in [1.165, 1.54) is 11.0 Å². The first-order valence-electron chi connectivity index (χ1n) is 6.55. The summed E-state index contributed by atoms with van der Waals surface area (Å²) in [5.41, 5.74) is 2.12. The van der Waals surface area contributed by atoms with E-state index in [0.717, 1.165) is 17.4 Å². The van der Waals surface area contributed by atoms with E-state index in [4.69, 9.17) is 9.52 Å². The summed E-state index contributed by atoms with van der Waals surface area (Å²) in [5.74, 6) is -1.45. The fraction of sp³-hybridized carbons (Fsp3) is 0.250. The highest BCUT2D eigenvalue weighted by molar-refractivity contribution is 5.95. The number of hydrogen-bond donors (Lipinski definition) is 1. The fourth-order valence-electron chi connectivity index (χ4n) is 1.98. The van der Waals surface area contributed by atoms with Gasteiger partial charge in [-0.15, -0.1) is 0 Å². The van der Waals surface area contributed by atoms with Crippen LogP contribution in [0.4, 0.5) is 0 Å². The van der Waals surface area contributed by atoms with Gasteiger partial charge in [-0.05, 0) is 19.4 Å². The van der Waals surface area contributed by atoms with Crippen molar-refractivity contribution >= 4 is 11.9 Å². The Morgan fingerprint density at radius 1 is 1.24 bits per heavy atom. The van der Waals surface area contributed by atoms with Crippen molar-refractivity contribution in [2.75, 3.05) is 7.05 Å². The van der Waals surface area contributed by atoms with Crippen molar-refractivity contribution < 1.29 is 19.1 Å². The van der Waals surface area contributed by atoms with Crippen LogP contribution in [-0.4, -0.2) is 28.9 Å². The summed E-state index contributed by atoms with van der Waals surface area (Å²) in [6, 6.07) is 9.00. The number of rotatable bonds is 4. The topological polar surface area (TPSA) is 70.8 Å². The standard InChI is InChI=1S/C16H17NO4/c1-10-4-6-12(7-5-10)11(2)17(3)15(18)14-8-13(9-21-14)16(19)20/h4-9,11H,1-3H3,(H,19,20). The first-order valence-corrected chi connectivity index (χ1v) is 6.55. The van der Waals surface area contributed by atoms with Crippen molar-refractivity contribution in [1.29, 1.82) is 0 Å². The first kappa shape index (κ1) is 14.8. The molecule has 0 saturated carbocycles. The maximum atomic E-state index is 12.3. The lowest BCUT2D eigenvalue weighted by molar-refractivity contribution is 0.0692. The lowest BCUT2D eigenvalue weighted by Crippen LogP contribution is -2.29. The monoisotopic (exact) mass is 287 g/mol. The Bertz CT molecular complexity index is 657. The normalized spacial score (nSPS) is 12.0. The summed E-state index contributed by atoms with van der Waals surface area (Å²) >= 11 is 0. The van der Waals surface area contributed by atoms with E-state index in [9.17, 15) is 9.59 Å². The van der Waals surface area contributed by atoms with Gasteiger partial charge in [-0.3, -0.25) is 4.79 Å². The van der Waals surface area contributed by atoms with E-state index in [0.29, 0.717) is 0 Å². The molecule has 2 aromatic rings. The van der Waals surface area contributed by atoms with Crippen LogP contribution in [0.15, 0.2) is 41.0 Å². The van der Waals surface area contributed by atoms with Gasteiger partial charge in [0.2, 0.25) is 0 Å². The fourth-order valence-corrected chi connectivity index (χ4v) is 1.98. The molecule has 0 spiro atoms. The summed E-state index contributed by atoms with van der Waals surface area (Å²) < 4.78 is 5.04. The predicted octanol–water partition coefficient (Wildman–Crippen LogP) is 3.12. The Labute approximate surface area is 122 Å². The lowest BCUT2D eigenvalue weighted by Gasteiger charge is -2.24. The Kier molecular flexibility index (Phi) is 4.12. The molecule has 1 atom stereocenters. The van der Waals surface area contributed by atoms with E-state index in [2.05, 4.69) is 0 Å². The second kappa shape index (κ2) is 5.83. The first-order chi connectivity index (χ1) is 9.90. The molecule has 0 bridgehead atoms. The highest BCUT2D eigenvalue weighted by Gasteiger charge is 2.22. The number of carbonyl (C=O) groups excluding carboxylic acids is 1. The van der Waals surface area contributed by atoms with Gasteiger partial charge in [0, 0.05) is 13.1 Å². The summed E-state index contributed by atoms with van der Waals surface area (Å²) in [7, 11) is 1.66. The SMILES string of the molecule is Cc1ccc(C(C)N(C)C(=O)c2cc(C(=O)O)co2)cc1. The number of carbonyl (C=O) groups is 2. The molecule has 110 valence electrons. The molecule has 0 aliphatic heterocycles. The van der Waals surface area contributed by atoms with Gasteiger partial charge in [0.05, 0.1) is 11.6 Å². The quantitative estimate of drug-likeness (QED) is 0.937. The van der Waals surface area contributed by atoms with E-state index in [-0.39, 0.29) is 23.3 Å². The average molecular weight is 287 g/mol. The molecule has 5 heteroatoms. The van der Waals surface area contributed by atoms with Gasteiger partial charge >= 0.3 is 5.97 Å². The van der Waals surface area contributed by atoms with Crippen molar-refractivity contribution in [2.24, 2.45) is 0 Å². The molecule has 0 aliphatic carbocycles. The van der Waals surface area contributed by atoms with Crippen molar-refractivity contribution in [3.8, 4) is 0 Å². The third kappa shape index (κ3) is 3.13. The van der Waals surface area contributed by atoms with Crippen LogP contribution in [0.5, 0.6) is 0 Å². The van der Waals surface area contributed by atoms with Crippen molar-refractivity contribution in [3.05, 3.63) is 59.0 Å². The molecule has 0 aliphatic rings. The number of amides is 1. The van der Waals surface area contributed by atoms with Crippen molar-refractivity contribution in [3.63, 3.8) is 0 Å². The third-order valence-electron chi connectivity index (χ3n) is 3.52. The number of aromatic carboxylic acids is 1. The van der Waals surface area contributed by atoms with Crippen LogP contribution in [0.1, 0.15) is 45.0 Å². The largest absolute Gasteiger partial charge is 0.478 e. The number of benzene rings is 1. The zero-order valence-corrected chi connectivity index (χ0v) is 12.2. The Morgan fingerprint density at radius 3 is 2.38 bits per heavy atom. The molecule has 2 rings (SSSR count). The molecule has 0 fully saturated rings. The number of furan rings is 1. The van der Waals surface area contributed by atoms with Gasteiger partial charge in [0.25, 0.3) is 5.91 Å². The van der Waals surface area contributed by atoms with Gasteiger partial charge in [-0.2, -0.15) is 0 Å². The van der Waals surface area contributed by atoms with E-state index in [1.54, 1.807) is 7.05 Å². The van der Waals surface area contributed by atoms with E-state index < -0.39 is 5.97 Å². The summed E-state index contributed by atoms with van der Waals surface area (Å²) in [4.78, 5) is 24.6. The molecule has 1 aromatic heterocycles. The minimum Gasteiger partial charge on any atom is -0.478 e. The van der Waals surface area contributed by atoms with Gasteiger partial charge in [-0.25, -0.2) is 4.79 Å². The highest BCUT2D eigenvalue weighted by Crippen LogP contribution is 2.22. The molecule has 1 heterocycles. The zero-order chi connectivity index (χ0) is 15.6. The van der Waals surface area contributed by atoms with Crippen LogP contribution in [0.2, 0.25) is 0 Å². The minimum absolute atomic E-state index is 0.0221. The Morgan fingerprint density at radius 2 is 1.86 bits per heavy atom. The molecule has 0 saturated heterocycles. The van der Waals surface area contributed by atoms with Crippen LogP contribution < -0.4 is 0 Å². The van der Waals surface area contributed by atoms with E-state index in [1.807, 2.05) is 38.1 Å². The molecule has 1 unspecified atom stereocenters. The van der Waals surface area contributed by atoms with Gasteiger partial charge in [0.1, 0.15) is 6.26 Å². The number of carboxylic acids is 1. The average Bonchev–Trinajstić information content (AvgIpc) is 2.96. The predicted molar refractivity (Wildman–Crippen MR) is 77.4 cm³/mol. The molecule has 1 aromatic carbocycles. The molecule has 1 amide bonds. The van der Waals surface area contributed by atoms with Crippen LogP contribution in [0.3, 0.4) is 0 Å². The van der Waals surface area contributed by atoms with Gasteiger partial charge in [-0.1, -0.05) is 29.8 Å². The van der Waals surface area contributed by atoms with Crippen LogP contribution in [0.25, 0.3) is 0 Å². The Balaban J connectivity index is 2.17. The Hall–Kier alpha value is -2.56. The minimum atomic E-state index is -1.12. The molecule has 21 heavy (non-hydrogen) atoms. The highest BCUT2D eigenvalue weighted by atomic mass is 16.4. The second-order valence-corrected chi connectivity index (χ2v) is 5.01. The van der Waals surface area contributed by atoms with Crippen molar-refractivity contribution in [2.45, 2.75) is 19.9 Å². The molecule has 0 radical (unpaired) electrons. The maximum absolute atomic E-state index is 12.3.